The molecule has 0 amide bonds. The van der Waals surface area contributed by atoms with Gasteiger partial charge in [-0.15, -0.1) is 11.8 Å². The number of hydrogen-bond acceptors (Lipinski definition) is 7. The lowest BCUT2D eigenvalue weighted by atomic mass is 10.4. The van der Waals surface area contributed by atoms with Gasteiger partial charge in [-0.3, -0.25) is 0 Å². The molecule has 1 atom stereocenters. The third kappa shape index (κ3) is 14.7. The second-order valence-electron chi connectivity index (χ2n) is 2.12. The van der Waals surface area contributed by atoms with Crippen molar-refractivity contribution in [3.63, 3.8) is 0 Å². The van der Waals surface area contributed by atoms with Crippen LogP contribution < -0.4 is 0 Å². The maximum atomic E-state index is 8.79. The largest absolute Gasteiger partial charge is 0.394 e. The van der Waals surface area contributed by atoms with Crippen molar-refractivity contribution in [1.29, 1.82) is 0 Å². The Kier molecular flexibility index (Phi) is 15.8. The van der Waals surface area contributed by atoms with Gasteiger partial charge in [-0.2, -0.15) is 0 Å². The zero-order chi connectivity index (χ0) is 11.4. The normalized spacial score (nSPS) is 11.5. The van der Waals surface area contributed by atoms with E-state index in [2.05, 4.69) is 12.2 Å². The summed E-state index contributed by atoms with van der Waals surface area (Å²) in [6.07, 6.45) is -0.741. The molecule has 0 aliphatic carbocycles. The van der Waals surface area contributed by atoms with E-state index in [1.165, 1.54) is 11.8 Å². The van der Waals surface area contributed by atoms with Crippen molar-refractivity contribution in [2.24, 2.45) is 0 Å². The quantitative estimate of drug-likeness (QED) is 0.370. The molecule has 0 rings (SSSR count). The van der Waals surface area contributed by atoms with Crippen LogP contribution in [0.15, 0.2) is 0 Å². The summed E-state index contributed by atoms with van der Waals surface area (Å²) < 4.78 is 0.438. The highest BCUT2D eigenvalue weighted by Crippen LogP contribution is 2.05. The fourth-order valence-corrected chi connectivity index (χ4v) is 1.07. The third-order valence-corrected chi connectivity index (χ3v) is 2.36. The van der Waals surface area contributed by atoms with Crippen LogP contribution in [-0.2, 0) is 0 Å². The molecule has 0 fully saturated rings. The highest BCUT2D eigenvalue weighted by molar-refractivity contribution is 8.23. The molecular formula is C7H16O5S2. The van der Waals surface area contributed by atoms with Crippen molar-refractivity contribution >= 4 is 28.2 Å². The first-order valence-corrected chi connectivity index (χ1v) is 5.28. The Morgan fingerprint density at radius 1 is 1.14 bits per heavy atom. The molecule has 0 aliphatic rings. The highest BCUT2D eigenvalue weighted by atomic mass is 32.2. The van der Waals surface area contributed by atoms with Gasteiger partial charge in [0.15, 0.2) is 0 Å². The van der Waals surface area contributed by atoms with Crippen LogP contribution in [0, 0.1) is 0 Å². The molecule has 14 heavy (non-hydrogen) atoms. The SMILES string of the molecule is OCC(=S)SCC(O)CO.OCCO. The molecule has 5 nitrogen and oxygen atoms in total. The molecule has 0 spiro atoms. The molecule has 0 saturated carbocycles. The van der Waals surface area contributed by atoms with Crippen LogP contribution >= 0.6 is 24.0 Å². The lowest BCUT2D eigenvalue weighted by Crippen LogP contribution is -2.16. The number of thiocarbonyl (C=S) groups is 1. The Morgan fingerprint density at radius 3 is 1.93 bits per heavy atom. The van der Waals surface area contributed by atoms with Gasteiger partial charge < -0.3 is 25.5 Å². The topological polar surface area (TPSA) is 101 Å². The van der Waals surface area contributed by atoms with Gasteiger partial charge in [0.2, 0.25) is 0 Å². The van der Waals surface area contributed by atoms with E-state index >= 15 is 0 Å². The van der Waals surface area contributed by atoms with Gasteiger partial charge in [-0.1, -0.05) is 12.2 Å². The van der Waals surface area contributed by atoms with E-state index in [0.717, 1.165) is 0 Å². The first-order chi connectivity index (χ1) is 6.62. The fraction of sp³-hybridized carbons (Fsp3) is 0.857. The monoisotopic (exact) mass is 244 g/mol. The average molecular weight is 244 g/mol. The first kappa shape index (κ1) is 16.7. The molecule has 0 aromatic heterocycles. The summed E-state index contributed by atoms with van der Waals surface area (Å²) in [4.78, 5) is 0. The van der Waals surface area contributed by atoms with Crippen LogP contribution in [0.3, 0.4) is 0 Å². The molecule has 7 heteroatoms. The van der Waals surface area contributed by atoms with E-state index in [-0.39, 0.29) is 26.4 Å². The van der Waals surface area contributed by atoms with Gasteiger partial charge in [0, 0.05) is 5.75 Å². The second kappa shape index (κ2) is 13.2. The molecule has 0 aromatic carbocycles. The summed E-state index contributed by atoms with van der Waals surface area (Å²) in [5.74, 6) is 0.343. The summed E-state index contributed by atoms with van der Waals surface area (Å²) in [6, 6.07) is 0. The predicted molar refractivity (Wildman–Crippen MR) is 59.4 cm³/mol. The molecular weight excluding hydrogens is 228 g/mol. The predicted octanol–water partition coefficient (Wildman–Crippen LogP) is -1.64. The van der Waals surface area contributed by atoms with Gasteiger partial charge in [0.1, 0.15) is 0 Å². The molecule has 0 aromatic rings. The zero-order valence-electron chi connectivity index (χ0n) is 7.67. The van der Waals surface area contributed by atoms with E-state index in [0.29, 0.717) is 9.95 Å². The smallest absolute Gasteiger partial charge is 0.0864 e. The summed E-state index contributed by atoms with van der Waals surface area (Å²) in [7, 11) is 0. The maximum absolute atomic E-state index is 8.79. The minimum absolute atomic E-state index is 0.125. The van der Waals surface area contributed by atoms with E-state index in [1.807, 2.05) is 0 Å². The maximum Gasteiger partial charge on any atom is 0.0864 e. The molecule has 86 valence electrons. The van der Waals surface area contributed by atoms with E-state index in [1.54, 1.807) is 0 Å². The number of aliphatic hydroxyl groups excluding tert-OH is 5. The second-order valence-corrected chi connectivity index (χ2v) is 3.99. The molecule has 0 heterocycles. The van der Waals surface area contributed by atoms with E-state index in [4.69, 9.17) is 25.5 Å². The molecule has 5 N–H and O–H groups in total. The van der Waals surface area contributed by atoms with Crippen LogP contribution in [0.4, 0.5) is 0 Å². The van der Waals surface area contributed by atoms with Crippen molar-refractivity contribution in [3.8, 4) is 0 Å². The third-order valence-electron chi connectivity index (χ3n) is 0.877. The minimum atomic E-state index is -0.741. The Hall–Kier alpha value is 0.240. The van der Waals surface area contributed by atoms with Gasteiger partial charge in [-0.25, -0.2) is 0 Å². The van der Waals surface area contributed by atoms with Gasteiger partial charge >= 0.3 is 0 Å². The molecule has 1 unspecified atom stereocenters. The van der Waals surface area contributed by atoms with Crippen LogP contribution in [0.25, 0.3) is 0 Å². The number of thioether (sulfide) groups is 1. The fourth-order valence-electron chi connectivity index (χ4n) is 0.287. The summed E-state index contributed by atoms with van der Waals surface area (Å²) in [5, 5.41) is 40.8. The van der Waals surface area contributed by atoms with Crippen molar-refractivity contribution in [1.82, 2.24) is 0 Å². The lowest BCUT2D eigenvalue weighted by molar-refractivity contribution is 0.114. The number of aliphatic hydroxyl groups is 5. The Balaban J connectivity index is 0. The van der Waals surface area contributed by atoms with Crippen LogP contribution in [0.2, 0.25) is 0 Å². The first-order valence-electron chi connectivity index (χ1n) is 3.89. The van der Waals surface area contributed by atoms with Gasteiger partial charge in [0.25, 0.3) is 0 Å². The lowest BCUT2D eigenvalue weighted by Gasteiger charge is -2.04. The van der Waals surface area contributed by atoms with Crippen LogP contribution in [0.1, 0.15) is 0 Å². The van der Waals surface area contributed by atoms with Crippen molar-refractivity contribution in [2.45, 2.75) is 6.10 Å². The molecule has 0 radical (unpaired) electrons. The van der Waals surface area contributed by atoms with Crippen molar-refractivity contribution in [2.75, 3.05) is 32.2 Å². The highest BCUT2D eigenvalue weighted by Gasteiger charge is 2.03. The molecule has 0 aliphatic heterocycles. The Labute approximate surface area is 92.4 Å². The summed E-state index contributed by atoms with van der Waals surface area (Å²) >= 11 is 5.82. The van der Waals surface area contributed by atoms with Crippen LogP contribution in [0.5, 0.6) is 0 Å². The standard InChI is InChI=1S/C5H10O3S2.C2H6O2/c6-1-4(8)3-10-5(9)2-7;3-1-2-4/h4,6-8H,1-3H2;3-4H,1-2H2. The number of rotatable bonds is 5. The minimum Gasteiger partial charge on any atom is -0.394 e. The number of hydrogen-bond donors (Lipinski definition) is 5. The Bertz CT molecular complexity index is 131. The van der Waals surface area contributed by atoms with Gasteiger partial charge in [0.05, 0.1) is 36.7 Å². The van der Waals surface area contributed by atoms with Crippen LogP contribution in [-0.4, -0.2) is 68.0 Å². The molecule has 0 bridgehead atoms. The zero-order valence-corrected chi connectivity index (χ0v) is 9.30. The summed E-state index contributed by atoms with van der Waals surface area (Å²) in [5.41, 5.74) is 0. The van der Waals surface area contributed by atoms with Crippen molar-refractivity contribution < 1.29 is 25.5 Å². The van der Waals surface area contributed by atoms with Gasteiger partial charge in [-0.05, 0) is 0 Å². The average Bonchev–Trinajstić information content (AvgIpc) is 2.25. The molecule has 0 saturated heterocycles. The van der Waals surface area contributed by atoms with Crippen molar-refractivity contribution in [3.05, 3.63) is 0 Å². The van der Waals surface area contributed by atoms with E-state index in [9.17, 15) is 0 Å². The summed E-state index contributed by atoms with van der Waals surface area (Å²) in [6.45, 7) is -0.667. The van der Waals surface area contributed by atoms with E-state index < -0.39 is 6.10 Å². The Morgan fingerprint density at radius 2 is 1.64 bits per heavy atom.